The van der Waals surface area contributed by atoms with Crippen LogP contribution in [0.5, 0.6) is 17.2 Å². The Labute approximate surface area is 146 Å². The second-order valence-electron chi connectivity index (χ2n) is 5.58. The number of amides is 1. The third kappa shape index (κ3) is 3.91. The molecular weight excluding hydrogens is 320 g/mol. The van der Waals surface area contributed by atoms with Gasteiger partial charge in [-0.2, -0.15) is 5.10 Å². The zero-order valence-corrected chi connectivity index (χ0v) is 14.2. The lowest BCUT2D eigenvalue weighted by atomic mass is 10.0. The van der Waals surface area contributed by atoms with Crippen molar-refractivity contribution in [2.75, 3.05) is 20.3 Å². The molecular formula is C19H20N2O4. The van der Waals surface area contributed by atoms with E-state index in [1.807, 2.05) is 49.4 Å². The molecule has 0 aliphatic carbocycles. The molecule has 6 nitrogen and oxygen atoms in total. The van der Waals surface area contributed by atoms with Crippen LogP contribution in [-0.4, -0.2) is 31.9 Å². The Hall–Kier alpha value is -3.02. The summed E-state index contributed by atoms with van der Waals surface area (Å²) in [5, 5.41) is 4.24. The number of benzene rings is 2. The summed E-state index contributed by atoms with van der Waals surface area (Å²) in [7, 11) is 1.59. The van der Waals surface area contributed by atoms with Gasteiger partial charge in [0.1, 0.15) is 5.75 Å². The minimum atomic E-state index is -0.313. The molecule has 0 unspecified atom stereocenters. The van der Waals surface area contributed by atoms with Crippen LogP contribution in [0.15, 0.2) is 47.6 Å². The van der Waals surface area contributed by atoms with E-state index in [-0.39, 0.29) is 12.5 Å². The van der Waals surface area contributed by atoms with Gasteiger partial charge in [0.25, 0.3) is 5.91 Å². The van der Waals surface area contributed by atoms with Crippen LogP contribution in [0.3, 0.4) is 0 Å². The van der Waals surface area contributed by atoms with E-state index in [1.54, 1.807) is 7.11 Å². The van der Waals surface area contributed by atoms with Crippen molar-refractivity contribution in [3.05, 3.63) is 53.6 Å². The maximum absolute atomic E-state index is 12.0. The number of fused-ring (bicyclic) bond motifs is 1. The molecule has 1 heterocycles. The van der Waals surface area contributed by atoms with E-state index >= 15 is 0 Å². The summed E-state index contributed by atoms with van der Waals surface area (Å²) in [4.78, 5) is 12.0. The molecule has 0 radical (unpaired) electrons. The maximum atomic E-state index is 12.0. The van der Waals surface area contributed by atoms with Crippen LogP contribution < -0.4 is 19.6 Å². The fraction of sp³-hybridized carbons (Fsp3) is 0.263. The van der Waals surface area contributed by atoms with Crippen LogP contribution in [0.1, 0.15) is 17.5 Å². The first-order valence-corrected chi connectivity index (χ1v) is 8.03. The first kappa shape index (κ1) is 16.8. The summed E-state index contributed by atoms with van der Waals surface area (Å²) in [5.74, 6) is 1.68. The summed E-state index contributed by atoms with van der Waals surface area (Å²) in [6.45, 7) is 2.32. The molecule has 2 aromatic carbocycles. The number of rotatable bonds is 5. The van der Waals surface area contributed by atoms with Gasteiger partial charge in [0.15, 0.2) is 18.1 Å². The van der Waals surface area contributed by atoms with Gasteiger partial charge < -0.3 is 14.2 Å². The molecule has 0 bridgehead atoms. The second kappa shape index (κ2) is 7.70. The minimum Gasteiger partial charge on any atom is -0.493 e. The number of methoxy groups -OCH3 is 1. The van der Waals surface area contributed by atoms with Gasteiger partial charge in [0.05, 0.1) is 19.4 Å². The molecule has 0 saturated carbocycles. The van der Waals surface area contributed by atoms with E-state index in [4.69, 9.17) is 14.2 Å². The number of nitrogens with one attached hydrogen (secondary N) is 1. The number of nitrogens with zero attached hydrogens (tertiary/aromatic N) is 1. The van der Waals surface area contributed by atoms with E-state index in [9.17, 15) is 4.79 Å². The van der Waals surface area contributed by atoms with Gasteiger partial charge in [0, 0.05) is 12.0 Å². The second-order valence-corrected chi connectivity index (χ2v) is 5.58. The van der Waals surface area contributed by atoms with E-state index in [2.05, 4.69) is 10.5 Å². The molecule has 2 aromatic rings. The minimum absolute atomic E-state index is 0.0941. The smallest absolute Gasteiger partial charge is 0.277 e. The molecule has 130 valence electrons. The van der Waals surface area contributed by atoms with Gasteiger partial charge in [0.2, 0.25) is 0 Å². The van der Waals surface area contributed by atoms with Crippen molar-refractivity contribution in [3.63, 3.8) is 0 Å². The molecule has 1 amide bonds. The summed E-state index contributed by atoms with van der Waals surface area (Å²) in [6.07, 6.45) is 0.610. The summed E-state index contributed by atoms with van der Waals surface area (Å²) >= 11 is 0. The number of hydrazone groups is 1. The SMILES string of the molecule is COc1cccc2c1OCC/C2=N\NC(=O)COc1ccccc1C. The van der Waals surface area contributed by atoms with Crippen LogP contribution >= 0.6 is 0 Å². The lowest BCUT2D eigenvalue weighted by Gasteiger charge is -2.20. The summed E-state index contributed by atoms with van der Waals surface area (Å²) < 4.78 is 16.5. The quantitative estimate of drug-likeness (QED) is 0.850. The zero-order valence-electron chi connectivity index (χ0n) is 14.2. The van der Waals surface area contributed by atoms with Crippen molar-refractivity contribution < 1.29 is 19.0 Å². The highest BCUT2D eigenvalue weighted by Crippen LogP contribution is 2.34. The van der Waals surface area contributed by atoms with Crippen molar-refractivity contribution in [1.82, 2.24) is 5.43 Å². The number of carbonyl (C=O) groups is 1. The van der Waals surface area contributed by atoms with Crippen LogP contribution in [0.25, 0.3) is 0 Å². The van der Waals surface area contributed by atoms with E-state index < -0.39 is 0 Å². The van der Waals surface area contributed by atoms with Crippen molar-refractivity contribution in [3.8, 4) is 17.2 Å². The number of hydrogen-bond donors (Lipinski definition) is 1. The average Bonchev–Trinajstić information content (AvgIpc) is 2.65. The van der Waals surface area contributed by atoms with Gasteiger partial charge in [-0.15, -0.1) is 0 Å². The topological polar surface area (TPSA) is 69.2 Å². The van der Waals surface area contributed by atoms with Crippen LogP contribution in [0, 0.1) is 6.92 Å². The number of ether oxygens (including phenoxy) is 3. The van der Waals surface area contributed by atoms with Crippen molar-refractivity contribution in [1.29, 1.82) is 0 Å². The highest BCUT2D eigenvalue weighted by molar-refractivity contribution is 6.04. The van der Waals surface area contributed by atoms with E-state index in [1.165, 1.54) is 0 Å². The maximum Gasteiger partial charge on any atom is 0.277 e. The van der Waals surface area contributed by atoms with Crippen LogP contribution in [0.4, 0.5) is 0 Å². The number of hydrogen-bond acceptors (Lipinski definition) is 5. The Kier molecular flexibility index (Phi) is 5.18. The van der Waals surface area contributed by atoms with Gasteiger partial charge in [-0.25, -0.2) is 5.43 Å². The Bertz CT molecular complexity index is 802. The summed E-state index contributed by atoms with van der Waals surface area (Å²) in [5.41, 5.74) is 5.11. The third-order valence-corrected chi connectivity index (χ3v) is 3.86. The predicted molar refractivity (Wildman–Crippen MR) is 94.5 cm³/mol. The molecule has 1 N–H and O–H groups in total. The molecule has 0 aromatic heterocycles. The molecule has 0 atom stereocenters. The first-order valence-electron chi connectivity index (χ1n) is 8.03. The monoisotopic (exact) mass is 340 g/mol. The Morgan fingerprint density at radius 2 is 2.00 bits per heavy atom. The van der Waals surface area contributed by atoms with Crippen molar-refractivity contribution in [2.24, 2.45) is 5.10 Å². The van der Waals surface area contributed by atoms with E-state index in [0.717, 1.165) is 16.8 Å². The Balaban J connectivity index is 1.65. The molecule has 3 rings (SSSR count). The highest BCUT2D eigenvalue weighted by Gasteiger charge is 2.20. The fourth-order valence-electron chi connectivity index (χ4n) is 2.58. The van der Waals surface area contributed by atoms with Gasteiger partial charge >= 0.3 is 0 Å². The van der Waals surface area contributed by atoms with Gasteiger partial charge in [-0.3, -0.25) is 4.79 Å². The average molecular weight is 340 g/mol. The molecule has 0 fully saturated rings. The largest absolute Gasteiger partial charge is 0.493 e. The lowest BCUT2D eigenvalue weighted by molar-refractivity contribution is -0.123. The zero-order chi connectivity index (χ0) is 17.6. The van der Waals surface area contributed by atoms with Gasteiger partial charge in [-0.1, -0.05) is 24.3 Å². The fourth-order valence-corrected chi connectivity index (χ4v) is 2.58. The van der Waals surface area contributed by atoms with E-state index in [0.29, 0.717) is 30.3 Å². The number of carbonyl (C=O) groups excluding carboxylic acids is 1. The standard InChI is InChI=1S/C19H20N2O4/c1-13-6-3-4-8-16(13)25-12-18(22)21-20-15-10-11-24-19-14(15)7-5-9-17(19)23-2/h3-9H,10-12H2,1-2H3,(H,21,22)/b20-15+. The van der Waals surface area contributed by atoms with Crippen molar-refractivity contribution >= 4 is 11.6 Å². The summed E-state index contributed by atoms with van der Waals surface area (Å²) in [6, 6.07) is 13.1. The molecule has 0 saturated heterocycles. The normalized spacial score (nSPS) is 14.4. The number of aryl methyl sites for hydroxylation is 1. The third-order valence-electron chi connectivity index (χ3n) is 3.86. The van der Waals surface area contributed by atoms with Crippen LogP contribution in [0.2, 0.25) is 0 Å². The number of para-hydroxylation sites is 2. The molecule has 25 heavy (non-hydrogen) atoms. The molecule has 0 spiro atoms. The first-order chi connectivity index (χ1) is 12.2. The van der Waals surface area contributed by atoms with Gasteiger partial charge in [-0.05, 0) is 30.7 Å². The highest BCUT2D eigenvalue weighted by atomic mass is 16.5. The Morgan fingerprint density at radius 3 is 2.80 bits per heavy atom. The molecule has 1 aliphatic heterocycles. The lowest BCUT2D eigenvalue weighted by Crippen LogP contribution is -2.27. The van der Waals surface area contributed by atoms with Crippen LogP contribution in [-0.2, 0) is 4.79 Å². The van der Waals surface area contributed by atoms with Crippen molar-refractivity contribution in [2.45, 2.75) is 13.3 Å². The predicted octanol–water partition coefficient (Wildman–Crippen LogP) is 2.69. The molecule has 6 heteroatoms. The molecule has 1 aliphatic rings. The Morgan fingerprint density at radius 1 is 1.20 bits per heavy atom.